The first kappa shape index (κ1) is 19.8. The summed E-state index contributed by atoms with van der Waals surface area (Å²) in [6.07, 6.45) is 3.53. The van der Waals surface area contributed by atoms with Crippen LogP contribution in [0.4, 0.5) is 0 Å². The van der Waals surface area contributed by atoms with Crippen LogP contribution in [0.5, 0.6) is 0 Å². The van der Waals surface area contributed by atoms with Crippen molar-refractivity contribution < 1.29 is 19.4 Å². The normalized spacial score (nSPS) is 19.5. The molecule has 1 fully saturated rings. The summed E-state index contributed by atoms with van der Waals surface area (Å²) in [6, 6.07) is 0. The number of aliphatic hydroxyl groups is 1. The fourth-order valence-electron chi connectivity index (χ4n) is 2.65. The quantitative estimate of drug-likeness (QED) is 0.531. The topological polar surface area (TPSA) is 78.9 Å². The Bertz CT molecular complexity index is 436. The smallest absolute Gasteiger partial charge is 0.308 e. The number of carbonyl (C=O) groups excluding carboxylic acids is 2. The highest BCUT2D eigenvalue weighted by Crippen LogP contribution is 2.29. The molecule has 0 aromatic rings. The van der Waals surface area contributed by atoms with Gasteiger partial charge in [-0.25, -0.2) is 0 Å². The Balaban J connectivity index is 2.68. The molecule has 0 aromatic heterocycles. The maximum absolute atomic E-state index is 12.5. The summed E-state index contributed by atoms with van der Waals surface area (Å²) in [5, 5.41) is 14.0. The van der Waals surface area contributed by atoms with E-state index in [2.05, 4.69) is 15.0 Å². The number of Topliss-reactive ketones (excluding diaryl/α,β-unsaturated/α-hetero) is 1. The molecule has 0 radical (unpaired) electrons. The first-order valence-corrected chi connectivity index (χ1v) is 8.11. The van der Waals surface area contributed by atoms with Crippen LogP contribution in [0.25, 0.3) is 0 Å². The number of carbonyl (C=O) groups is 2. The predicted octanol–water partition coefficient (Wildman–Crippen LogP) is 0.747. The van der Waals surface area contributed by atoms with Crippen molar-refractivity contribution in [3.05, 3.63) is 12.2 Å². The third kappa shape index (κ3) is 6.41. The van der Waals surface area contributed by atoms with Crippen molar-refractivity contribution in [1.29, 1.82) is 0 Å². The lowest BCUT2D eigenvalue weighted by atomic mass is 9.77. The number of nitrogens with zero attached hydrogens (tertiary/aromatic N) is 1. The number of methoxy groups -OCH3 is 1. The number of esters is 1. The number of hydrogen-bond acceptors (Lipinski definition) is 6. The number of nitrogens with one attached hydrogen (secondary N) is 1. The second-order valence-electron chi connectivity index (χ2n) is 7.09. The third-order valence-electron chi connectivity index (χ3n) is 3.96. The molecule has 132 valence electrons. The number of rotatable bonds is 7. The Hall–Kier alpha value is -1.24. The maximum atomic E-state index is 12.5. The molecule has 1 rings (SSSR count). The van der Waals surface area contributed by atoms with E-state index in [4.69, 9.17) is 0 Å². The van der Waals surface area contributed by atoms with Gasteiger partial charge in [0.25, 0.3) is 0 Å². The fraction of sp³-hybridized carbons (Fsp3) is 0.765. The lowest BCUT2D eigenvalue weighted by Gasteiger charge is -2.31. The van der Waals surface area contributed by atoms with Gasteiger partial charge in [-0.3, -0.25) is 14.5 Å². The van der Waals surface area contributed by atoms with Crippen LogP contribution in [0.2, 0.25) is 0 Å². The molecular weight excluding hydrogens is 296 g/mol. The van der Waals surface area contributed by atoms with Gasteiger partial charge in [0.15, 0.2) is 5.78 Å². The number of hydrogen-bond donors (Lipinski definition) is 2. The van der Waals surface area contributed by atoms with Crippen molar-refractivity contribution in [3.8, 4) is 0 Å². The molecule has 1 aliphatic rings. The van der Waals surface area contributed by atoms with Crippen molar-refractivity contribution in [2.75, 3.05) is 39.8 Å². The van der Waals surface area contributed by atoms with Crippen molar-refractivity contribution in [3.63, 3.8) is 0 Å². The van der Waals surface area contributed by atoms with Gasteiger partial charge in [-0.1, -0.05) is 32.9 Å². The summed E-state index contributed by atoms with van der Waals surface area (Å²) >= 11 is 0. The molecule has 0 bridgehead atoms. The molecule has 1 heterocycles. The maximum Gasteiger partial charge on any atom is 0.308 e. The molecule has 6 heteroatoms. The second kappa shape index (κ2) is 8.57. The van der Waals surface area contributed by atoms with Gasteiger partial charge in [-0.15, -0.1) is 0 Å². The van der Waals surface area contributed by atoms with E-state index in [1.165, 1.54) is 7.11 Å². The Labute approximate surface area is 138 Å². The zero-order valence-electron chi connectivity index (χ0n) is 14.7. The minimum Gasteiger partial charge on any atom is -0.469 e. The zero-order chi connectivity index (χ0) is 17.5. The van der Waals surface area contributed by atoms with Gasteiger partial charge >= 0.3 is 5.97 Å². The van der Waals surface area contributed by atoms with E-state index in [1.54, 1.807) is 26.8 Å². The fourth-order valence-corrected chi connectivity index (χ4v) is 2.65. The van der Waals surface area contributed by atoms with E-state index in [0.717, 1.165) is 32.7 Å². The zero-order valence-corrected chi connectivity index (χ0v) is 14.7. The third-order valence-corrected chi connectivity index (χ3v) is 3.96. The van der Waals surface area contributed by atoms with Gasteiger partial charge in [0, 0.05) is 44.6 Å². The Kier molecular flexibility index (Phi) is 7.38. The van der Waals surface area contributed by atoms with Gasteiger partial charge in [0.1, 0.15) is 5.60 Å². The highest BCUT2D eigenvalue weighted by atomic mass is 16.5. The van der Waals surface area contributed by atoms with Gasteiger partial charge in [-0.2, -0.15) is 0 Å². The minimum atomic E-state index is -1.72. The monoisotopic (exact) mass is 326 g/mol. The van der Waals surface area contributed by atoms with Gasteiger partial charge in [-0.05, 0) is 0 Å². The van der Waals surface area contributed by atoms with Crippen LogP contribution in [0.15, 0.2) is 12.2 Å². The van der Waals surface area contributed by atoms with Crippen LogP contribution in [0.3, 0.4) is 0 Å². The van der Waals surface area contributed by atoms with Crippen LogP contribution in [-0.2, 0) is 14.3 Å². The molecule has 6 nitrogen and oxygen atoms in total. The number of ether oxygens (including phenoxy) is 1. The summed E-state index contributed by atoms with van der Waals surface area (Å²) in [5.41, 5.74) is -2.44. The van der Waals surface area contributed by atoms with Gasteiger partial charge < -0.3 is 15.2 Å². The first-order chi connectivity index (χ1) is 10.7. The van der Waals surface area contributed by atoms with E-state index >= 15 is 0 Å². The summed E-state index contributed by atoms with van der Waals surface area (Å²) in [5.74, 6) is -0.928. The van der Waals surface area contributed by atoms with Gasteiger partial charge in [0.2, 0.25) is 0 Å². The van der Waals surface area contributed by atoms with Crippen LogP contribution in [-0.4, -0.2) is 67.2 Å². The SMILES string of the molecule is COC(=O)CC(O)(C/C=C/CN1CCNCC1)C(=O)C(C)(C)C. The predicted molar refractivity (Wildman–Crippen MR) is 89.1 cm³/mol. The number of ketones is 1. The minimum absolute atomic E-state index is 0.115. The summed E-state index contributed by atoms with van der Waals surface area (Å²) < 4.78 is 4.62. The first-order valence-electron chi connectivity index (χ1n) is 8.11. The Morgan fingerprint density at radius 1 is 1.22 bits per heavy atom. The van der Waals surface area contributed by atoms with E-state index in [1.807, 2.05) is 6.08 Å². The summed E-state index contributed by atoms with van der Waals surface area (Å²) in [6.45, 7) is 9.91. The van der Waals surface area contributed by atoms with Crippen molar-refractivity contribution >= 4 is 11.8 Å². The molecule has 0 amide bonds. The van der Waals surface area contributed by atoms with E-state index < -0.39 is 17.0 Å². The molecule has 1 saturated heterocycles. The standard InChI is InChI=1S/C17H30N2O4/c1-16(2,3)15(21)17(22,13-14(20)23-4)7-5-6-10-19-11-8-18-9-12-19/h5-6,18,22H,7-13H2,1-4H3/b6-5+. The van der Waals surface area contributed by atoms with E-state index in [9.17, 15) is 14.7 Å². The highest BCUT2D eigenvalue weighted by Gasteiger charge is 2.43. The molecule has 23 heavy (non-hydrogen) atoms. The molecule has 2 N–H and O–H groups in total. The van der Waals surface area contributed by atoms with Gasteiger partial charge in [0.05, 0.1) is 13.5 Å². The second-order valence-corrected chi connectivity index (χ2v) is 7.09. The largest absolute Gasteiger partial charge is 0.469 e. The van der Waals surface area contributed by atoms with Crippen LogP contribution < -0.4 is 5.32 Å². The molecule has 1 aliphatic heterocycles. The average Bonchev–Trinajstić information content (AvgIpc) is 2.51. The molecule has 0 spiro atoms. The molecule has 0 saturated carbocycles. The Morgan fingerprint density at radius 2 is 1.83 bits per heavy atom. The average molecular weight is 326 g/mol. The van der Waals surface area contributed by atoms with Crippen molar-refractivity contribution in [2.24, 2.45) is 5.41 Å². The van der Waals surface area contributed by atoms with E-state index in [-0.39, 0.29) is 18.6 Å². The molecule has 0 aliphatic carbocycles. The Morgan fingerprint density at radius 3 is 2.35 bits per heavy atom. The van der Waals surface area contributed by atoms with Crippen molar-refractivity contribution in [2.45, 2.75) is 39.2 Å². The van der Waals surface area contributed by atoms with Crippen LogP contribution in [0.1, 0.15) is 33.6 Å². The molecule has 0 aromatic carbocycles. The van der Waals surface area contributed by atoms with E-state index in [0.29, 0.717) is 0 Å². The summed E-state index contributed by atoms with van der Waals surface area (Å²) in [4.78, 5) is 26.4. The highest BCUT2D eigenvalue weighted by molar-refractivity contribution is 5.94. The van der Waals surface area contributed by atoms with Crippen LogP contribution >= 0.6 is 0 Å². The molecule has 1 atom stereocenters. The summed E-state index contributed by atoms with van der Waals surface area (Å²) in [7, 11) is 1.25. The van der Waals surface area contributed by atoms with Crippen molar-refractivity contribution in [1.82, 2.24) is 10.2 Å². The lowest BCUT2D eigenvalue weighted by molar-refractivity contribution is -0.157. The molecular formula is C17H30N2O4. The molecule has 1 unspecified atom stereocenters. The lowest BCUT2D eigenvalue weighted by Crippen LogP contribution is -2.47. The number of piperazine rings is 1. The van der Waals surface area contributed by atoms with Crippen LogP contribution in [0, 0.1) is 5.41 Å².